The van der Waals surface area contributed by atoms with Crippen molar-refractivity contribution in [2.24, 2.45) is 0 Å². The van der Waals surface area contributed by atoms with Gasteiger partial charge in [0.05, 0.1) is 16.7 Å². The molecule has 13 aromatic rings. The number of nitrogens with zero attached hydrogens (tertiary/aromatic N) is 2. The number of rotatable bonds is 5. The van der Waals surface area contributed by atoms with Crippen LogP contribution < -0.4 is 0 Å². The van der Waals surface area contributed by atoms with Crippen LogP contribution >= 0.6 is 0 Å². The Morgan fingerprint density at radius 1 is 0.266 bits per heavy atom. The molecule has 0 aliphatic rings. The standard InChI is InChI=1S/C62H38N2/c1-3-13-44-34-49(25-21-39(44)10-1)60-53-31-28-48(59-32-29-43-12-6-8-18-58(43)64-59)38-57(53)61(50-26-22-40-11-2-4-14-45(40)35-50)52-30-27-46(36-56(52)60)41-19-23-42(24-20-41)55-37-47-15-5-7-16-51(47)62-54(55)17-9-33-63-62/h1-38H. The van der Waals surface area contributed by atoms with Crippen LogP contribution in [-0.2, 0) is 0 Å². The van der Waals surface area contributed by atoms with Gasteiger partial charge in [-0.15, -0.1) is 0 Å². The highest BCUT2D eigenvalue weighted by Gasteiger charge is 2.20. The van der Waals surface area contributed by atoms with Crippen LogP contribution in [0.4, 0.5) is 0 Å². The van der Waals surface area contributed by atoms with Crippen molar-refractivity contribution >= 4 is 75.7 Å². The molecule has 11 aromatic carbocycles. The summed E-state index contributed by atoms with van der Waals surface area (Å²) < 4.78 is 0. The summed E-state index contributed by atoms with van der Waals surface area (Å²) in [5.74, 6) is 0. The van der Waals surface area contributed by atoms with Crippen LogP contribution in [0.25, 0.3) is 131 Å². The molecule has 0 unspecified atom stereocenters. The molecule has 13 rings (SSSR count). The SMILES string of the molecule is c1ccc2cc(-c3c4ccc(-c5ccc6ccccc6n5)cc4c(-c4ccc5ccccc5c4)c4ccc(-c5ccc(-c6cc7ccccc7c7ncccc67)cc5)cc34)ccc2c1. The fraction of sp³-hybridized carbons (Fsp3) is 0. The van der Waals surface area contributed by atoms with Crippen LogP contribution in [0.1, 0.15) is 0 Å². The van der Waals surface area contributed by atoms with Crippen molar-refractivity contribution < 1.29 is 0 Å². The molecule has 0 aliphatic carbocycles. The van der Waals surface area contributed by atoms with Gasteiger partial charge in [-0.3, -0.25) is 4.98 Å². The lowest BCUT2D eigenvalue weighted by molar-refractivity contribution is 1.40. The molecule has 0 radical (unpaired) electrons. The number of pyridine rings is 2. The van der Waals surface area contributed by atoms with Crippen molar-refractivity contribution in [2.75, 3.05) is 0 Å². The van der Waals surface area contributed by atoms with Crippen LogP contribution in [0.5, 0.6) is 0 Å². The average molecular weight is 811 g/mol. The number of hydrogen-bond acceptors (Lipinski definition) is 2. The predicted octanol–water partition coefficient (Wildman–Crippen LogP) is 16.9. The van der Waals surface area contributed by atoms with Gasteiger partial charge >= 0.3 is 0 Å². The number of benzene rings is 11. The Hall–Kier alpha value is -8.46. The summed E-state index contributed by atoms with van der Waals surface area (Å²) in [6.45, 7) is 0. The number of aromatic nitrogens is 2. The molecule has 0 amide bonds. The summed E-state index contributed by atoms with van der Waals surface area (Å²) in [6.07, 6.45) is 1.89. The van der Waals surface area contributed by atoms with Crippen LogP contribution in [0, 0.1) is 0 Å². The van der Waals surface area contributed by atoms with Gasteiger partial charge in [0.2, 0.25) is 0 Å². The van der Waals surface area contributed by atoms with E-state index >= 15 is 0 Å². The predicted molar refractivity (Wildman–Crippen MR) is 272 cm³/mol. The fourth-order valence-electron chi connectivity index (χ4n) is 10.1. The Kier molecular flexibility index (Phi) is 8.25. The number of fused-ring (bicyclic) bond motifs is 8. The van der Waals surface area contributed by atoms with E-state index in [1.54, 1.807) is 0 Å². The lowest BCUT2D eigenvalue weighted by Crippen LogP contribution is -1.93. The molecule has 0 spiro atoms. The first-order chi connectivity index (χ1) is 31.7. The Balaban J connectivity index is 1.06. The average Bonchev–Trinajstić information content (AvgIpc) is 3.37. The molecule has 2 heterocycles. The van der Waals surface area contributed by atoms with Crippen molar-refractivity contribution in [1.82, 2.24) is 9.97 Å². The van der Waals surface area contributed by atoms with E-state index < -0.39 is 0 Å². The van der Waals surface area contributed by atoms with Gasteiger partial charge < -0.3 is 0 Å². The molecule has 0 N–H and O–H groups in total. The monoisotopic (exact) mass is 810 g/mol. The maximum absolute atomic E-state index is 5.17. The van der Waals surface area contributed by atoms with Gasteiger partial charge in [-0.2, -0.15) is 0 Å². The Morgan fingerprint density at radius 2 is 0.781 bits per heavy atom. The molecule has 0 atom stereocenters. The molecule has 0 bridgehead atoms. The van der Waals surface area contributed by atoms with E-state index in [-0.39, 0.29) is 0 Å². The zero-order chi connectivity index (χ0) is 42.1. The highest BCUT2D eigenvalue weighted by Crippen LogP contribution is 2.47. The molecular weight excluding hydrogens is 773 g/mol. The summed E-state index contributed by atoms with van der Waals surface area (Å²) in [5.41, 5.74) is 13.6. The zero-order valence-corrected chi connectivity index (χ0v) is 34.8. The largest absolute Gasteiger partial charge is 0.256 e. The van der Waals surface area contributed by atoms with E-state index in [9.17, 15) is 0 Å². The Morgan fingerprint density at radius 3 is 1.48 bits per heavy atom. The lowest BCUT2D eigenvalue weighted by Gasteiger charge is -2.20. The molecular formula is C62H38N2. The molecule has 0 fully saturated rings. The third-order valence-corrected chi connectivity index (χ3v) is 13.2. The third kappa shape index (κ3) is 5.95. The van der Waals surface area contributed by atoms with Crippen LogP contribution in [0.2, 0.25) is 0 Å². The summed E-state index contributed by atoms with van der Waals surface area (Å²) in [4.78, 5) is 10.0. The maximum Gasteiger partial charge on any atom is 0.0786 e. The summed E-state index contributed by atoms with van der Waals surface area (Å²) in [5, 5.41) is 14.4. The van der Waals surface area contributed by atoms with Gasteiger partial charge in [-0.05, 0) is 142 Å². The van der Waals surface area contributed by atoms with E-state index in [2.05, 4.69) is 218 Å². The van der Waals surface area contributed by atoms with Crippen molar-refractivity contribution in [3.63, 3.8) is 0 Å². The molecule has 296 valence electrons. The van der Waals surface area contributed by atoms with Gasteiger partial charge in [0.1, 0.15) is 0 Å². The fourth-order valence-corrected chi connectivity index (χ4v) is 10.1. The highest BCUT2D eigenvalue weighted by molar-refractivity contribution is 6.23. The smallest absolute Gasteiger partial charge is 0.0786 e. The molecule has 0 saturated carbocycles. The summed E-state index contributed by atoms with van der Waals surface area (Å²) in [6, 6.07) is 82.1. The second-order valence-electron chi connectivity index (χ2n) is 16.9. The maximum atomic E-state index is 5.17. The molecule has 2 heteroatoms. The molecule has 2 aromatic heterocycles. The Labute approximate surface area is 370 Å². The van der Waals surface area contributed by atoms with E-state index in [0.717, 1.165) is 33.1 Å². The van der Waals surface area contributed by atoms with Gasteiger partial charge in [0.25, 0.3) is 0 Å². The zero-order valence-electron chi connectivity index (χ0n) is 34.8. The van der Waals surface area contributed by atoms with Gasteiger partial charge in [-0.25, -0.2) is 4.98 Å². The first-order valence-corrected chi connectivity index (χ1v) is 22.0. The molecule has 0 aliphatic heterocycles. The van der Waals surface area contributed by atoms with Crippen molar-refractivity contribution in [1.29, 1.82) is 0 Å². The van der Waals surface area contributed by atoms with Crippen molar-refractivity contribution in [3.8, 4) is 55.8 Å². The Bertz CT molecular complexity index is 4010. The molecule has 0 saturated heterocycles. The third-order valence-electron chi connectivity index (χ3n) is 13.2. The van der Waals surface area contributed by atoms with E-state index in [1.807, 2.05) is 12.3 Å². The van der Waals surface area contributed by atoms with Crippen LogP contribution in [-0.4, -0.2) is 9.97 Å². The van der Waals surface area contributed by atoms with E-state index in [0.29, 0.717) is 0 Å². The molecule has 64 heavy (non-hydrogen) atoms. The quantitative estimate of drug-likeness (QED) is 0.128. The first-order valence-electron chi connectivity index (χ1n) is 22.0. The first kappa shape index (κ1) is 36.2. The van der Waals surface area contributed by atoms with Gasteiger partial charge in [0, 0.05) is 27.9 Å². The summed E-state index contributed by atoms with van der Waals surface area (Å²) in [7, 11) is 0. The second-order valence-corrected chi connectivity index (χ2v) is 16.9. The topological polar surface area (TPSA) is 25.8 Å². The van der Waals surface area contributed by atoms with Gasteiger partial charge in [-0.1, -0.05) is 176 Å². The molecule has 2 nitrogen and oxygen atoms in total. The van der Waals surface area contributed by atoms with Crippen molar-refractivity contribution in [2.45, 2.75) is 0 Å². The number of para-hydroxylation sites is 1. The highest BCUT2D eigenvalue weighted by atomic mass is 14.7. The lowest BCUT2D eigenvalue weighted by atomic mass is 9.83. The van der Waals surface area contributed by atoms with E-state index in [1.165, 1.54) is 98.4 Å². The van der Waals surface area contributed by atoms with Crippen LogP contribution in [0.3, 0.4) is 0 Å². The minimum Gasteiger partial charge on any atom is -0.256 e. The summed E-state index contributed by atoms with van der Waals surface area (Å²) >= 11 is 0. The van der Waals surface area contributed by atoms with E-state index in [4.69, 9.17) is 9.97 Å². The minimum absolute atomic E-state index is 0.962. The van der Waals surface area contributed by atoms with Crippen LogP contribution in [0.15, 0.2) is 231 Å². The van der Waals surface area contributed by atoms with Crippen molar-refractivity contribution in [3.05, 3.63) is 231 Å². The van der Waals surface area contributed by atoms with Gasteiger partial charge in [0.15, 0.2) is 0 Å². The normalized spacial score (nSPS) is 11.8. The minimum atomic E-state index is 0.962. The number of hydrogen-bond donors (Lipinski definition) is 0. The second kappa shape index (κ2) is 14.6.